The lowest BCUT2D eigenvalue weighted by atomic mass is 10.0. The molecule has 0 radical (unpaired) electrons. The number of aromatic amines is 2. The van der Waals surface area contributed by atoms with Crippen molar-refractivity contribution in [3.63, 3.8) is 0 Å². The van der Waals surface area contributed by atoms with Crippen LogP contribution in [0.1, 0.15) is 16.5 Å². The van der Waals surface area contributed by atoms with Gasteiger partial charge in [0.2, 0.25) is 0 Å². The van der Waals surface area contributed by atoms with Gasteiger partial charge in [-0.1, -0.05) is 12.1 Å². The highest BCUT2D eigenvalue weighted by Crippen LogP contribution is 2.33. The number of nitrogens with one attached hydrogen (secondary N) is 2. The van der Waals surface area contributed by atoms with Gasteiger partial charge in [0, 0.05) is 5.56 Å². The van der Waals surface area contributed by atoms with Crippen LogP contribution in [0.25, 0.3) is 11.0 Å². The average molecular weight is 295 g/mol. The standard InChI is InChI=1S/C14H9ClF2N2O/c15-13(12-8(16)2-1-3-9(12)17)7-4-5-10-11(6-7)19-14(20)18-10/h1-6,13H,(H2,18,19,20). The number of aromatic nitrogens is 2. The lowest BCUT2D eigenvalue weighted by Gasteiger charge is -2.12. The lowest BCUT2D eigenvalue weighted by Crippen LogP contribution is -2.01. The number of halogens is 3. The summed E-state index contributed by atoms with van der Waals surface area (Å²) in [6.45, 7) is 0. The van der Waals surface area contributed by atoms with E-state index in [9.17, 15) is 13.6 Å². The van der Waals surface area contributed by atoms with Gasteiger partial charge < -0.3 is 9.97 Å². The van der Waals surface area contributed by atoms with Crippen LogP contribution in [0.15, 0.2) is 41.2 Å². The normalized spacial score (nSPS) is 12.8. The second-order valence-corrected chi connectivity index (χ2v) is 4.82. The van der Waals surface area contributed by atoms with Gasteiger partial charge in [0.15, 0.2) is 0 Å². The molecule has 0 bridgehead atoms. The first-order valence-corrected chi connectivity index (χ1v) is 6.30. The van der Waals surface area contributed by atoms with Crippen LogP contribution in [0.2, 0.25) is 0 Å². The predicted molar refractivity (Wildman–Crippen MR) is 73.0 cm³/mol. The molecule has 2 N–H and O–H groups in total. The van der Waals surface area contributed by atoms with Crippen molar-refractivity contribution in [2.24, 2.45) is 0 Å². The molecule has 2 aromatic carbocycles. The highest BCUT2D eigenvalue weighted by Gasteiger charge is 2.20. The van der Waals surface area contributed by atoms with Crippen molar-refractivity contribution in [3.8, 4) is 0 Å². The van der Waals surface area contributed by atoms with Gasteiger partial charge in [-0.2, -0.15) is 0 Å². The van der Waals surface area contributed by atoms with Crippen molar-refractivity contribution in [3.05, 3.63) is 69.6 Å². The Morgan fingerprint density at radius 1 is 1.00 bits per heavy atom. The van der Waals surface area contributed by atoms with Gasteiger partial charge in [0.05, 0.1) is 16.4 Å². The van der Waals surface area contributed by atoms with Gasteiger partial charge in [-0.05, 0) is 29.8 Å². The van der Waals surface area contributed by atoms with Crippen LogP contribution < -0.4 is 5.69 Å². The molecule has 1 aromatic heterocycles. The van der Waals surface area contributed by atoms with Crippen LogP contribution >= 0.6 is 11.6 Å². The second kappa shape index (κ2) is 4.76. The lowest BCUT2D eigenvalue weighted by molar-refractivity contribution is 0.559. The molecule has 0 aliphatic heterocycles. The number of benzene rings is 2. The summed E-state index contributed by atoms with van der Waals surface area (Å²) >= 11 is 6.17. The first-order chi connectivity index (χ1) is 9.56. The molecule has 1 heterocycles. The SMILES string of the molecule is O=c1[nH]c2ccc(C(Cl)c3c(F)cccc3F)cc2[nH]1. The van der Waals surface area contributed by atoms with E-state index < -0.39 is 17.0 Å². The monoisotopic (exact) mass is 294 g/mol. The summed E-state index contributed by atoms with van der Waals surface area (Å²) in [5, 5.41) is -0.973. The number of H-pyrrole nitrogens is 2. The second-order valence-electron chi connectivity index (χ2n) is 4.38. The minimum atomic E-state index is -0.973. The van der Waals surface area contributed by atoms with Crippen molar-refractivity contribution in [2.45, 2.75) is 5.38 Å². The quantitative estimate of drug-likeness (QED) is 0.699. The summed E-state index contributed by atoms with van der Waals surface area (Å²) < 4.78 is 27.4. The minimum absolute atomic E-state index is 0.202. The number of rotatable bonds is 2. The number of fused-ring (bicyclic) bond motifs is 1. The van der Waals surface area contributed by atoms with Crippen LogP contribution in [-0.2, 0) is 0 Å². The van der Waals surface area contributed by atoms with E-state index in [0.29, 0.717) is 16.6 Å². The topological polar surface area (TPSA) is 48.6 Å². The molecule has 0 saturated heterocycles. The average Bonchev–Trinajstić information content (AvgIpc) is 2.77. The van der Waals surface area contributed by atoms with E-state index in [1.807, 2.05) is 0 Å². The third-order valence-electron chi connectivity index (χ3n) is 3.09. The van der Waals surface area contributed by atoms with E-state index in [0.717, 1.165) is 12.1 Å². The van der Waals surface area contributed by atoms with Crippen LogP contribution in [0.4, 0.5) is 8.78 Å². The molecule has 20 heavy (non-hydrogen) atoms. The minimum Gasteiger partial charge on any atom is -0.306 e. The molecule has 102 valence electrons. The first-order valence-electron chi connectivity index (χ1n) is 5.86. The molecule has 1 unspecified atom stereocenters. The summed E-state index contributed by atoms with van der Waals surface area (Å²) in [4.78, 5) is 16.3. The molecule has 0 spiro atoms. The van der Waals surface area contributed by atoms with Gasteiger partial charge in [-0.25, -0.2) is 13.6 Å². The zero-order chi connectivity index (χ0) is 14.3. The predicted octanol–water partition coefficient (Wildman–Crippen LogP) is 3.46. The fourth-order valence-corrected chi connectivity index (χ4v) is 2.47. The van der Waals surface area contributed by atoms with Crippen molar-refractivity contribution in [1.29, 1.82) is 0 Å². The maximum atomic E-state index is 13.7. The van der Waals surface area contributed by atoms with Crippen LogP contribution in [0.3, 0.4) is 0 Å². The number of alkyl halides is 1. The zero-order valence-corrected chi connectivity index (χ0v) is 10.8. The van der Waals surface area contributed by atoms with Gasteiger partial charge in [-0.15, -0.1) is 11.6 Å². The van der Waals surface area contributed by atoms with E-state index in [1.165, 1.54) is 6.07 Å². The number of imidazole rings is 1. The van der Waals surface area contributed by atoms with Crippen molar-refractivity contribution >= 4 is 22.6 Å². The van der Waals surface area contributed by atoms with Crippen molar-refractivity contribution in [1.82, 2.24) is 9.97 Å². The van der Waals surface area contributed by atoms with E-state index in [4.69, 9.17) is 11.6 Å². The number of hydrogen-bond donors (Lipinski definition) is 2. The summed E-state index contributed by atoms with van der Waals surface area (Å²) in [6.07, 6.45) is 0. The Kier molecular flexibility index (Phi) is 3.06. The molecule has 3 nitrogen and oxygen atoms in total. The Bertz CT molecular complexity index is 820. The summed E-state index contributed by atoms with van der Waals surface area (Å²) in [5.41, 5.74) is 1.09. The molecule has 0 fully saturated rings. The summed E-state index contributed by atoms with van der Waals surface area (Å²) in [5.74, 6) is -1.40. The van der Waals surface area contributed by atoms with E-state index >= 15 is 0 Å². The van der Waals surface area contributed by atoms with Crippen LogP contribution in [0.5, 0.6) is 0 Å². The van der Waals surface area contributed by atoms with E-state index in [1.54, 1.807) is 18.2 Å². The fourth-order valence-electron chi connectivity index (χ4n) is 2.13. The molecular weight excluding hydrogens is 286 g/mol. The zero-order valence-electron chi connectivity index (χ0n) is 10.1. The van der Waals surface area contributed by atoms with Crippen molar-refractivity contribution < 1.29 is 8.78 Å². The van der Waals surface area contributed by atoms with Crippen LogP contribution in [-0.4, -0.2) is 9.97 Å². The molecule has 0 amide bonds. The Labute approximate surface area is 117 Å². The van der Waals surface area contributed by atoms with Gasteiger partial charge >= 0.3 is 5.69 Å². The molecule has 0 aliphatic rings. The molecule has 6 heteroatoms. The van der Waals surface area contributed by atoms with Crippen LogP contribution in [0, 0.1) is 11.6 Å². The molecule has 0 saturated carbocycles. The van der Waals surface area contributed by atoms with Crippen molar-refractivity contribution in [2.75, 3.05) is 0 Å². The third kappa shape index (κ3) is 2.10. The molecule has 0 aliphatic carbocycles. The van der Waals surface area contributed by atoms with E-state index in [2.05, 4.69) is 9.97 Å². The van der Waals surface area contributed by atoms with Gasteiger partial charge in [0.25, 0.3) is 0 Å². The highest BCUT2D eigenvalue weighted by atomic mass is 35.5. The maximum absolute atomic E-state index is 13.7. The summed E-state index contributed by atoms with van der Waals surface area (Å²) in [7, 11) is 0. The highest BCUT2D eigenvalue weighted by molar-refractivity contribution is 6.22. The first kappa shape index (κ1) is 12.9. The maximum Gasteiger partial charge on any atom is 0.323 e. The Morgan fingerprint density at radius 2 is 1.65 bits per heavy atom. The van der Waals surface area contributed by atoms with E-state index in [-0.39, 0.29) is 11.3 Å². The largest absolute Gasteiger partial charge is 0.323 e. The Morgan fingerprint density at radius 3 is 2.35 bits per heavy atom. The Balaban J connectivity index is 2.12. The third-order valence-corrected chi connectivity index (χ3v) is 3.56. The molecule has 1 atom stereocenters. The molecular formula is C14H9ClF2N2O. The van der Waals surface area contributed by atoms with Gasteiger partial charge in [-0.3, -0.25) is 0 Å². The number of hydrogen-bond acceptors (Lipinski definition) is 1. The van der Waals surface area contributed by atoms with Gasteiger partial charge in [0.1, 0.15) is 11.6 Å². The smallest absolute Gasteiger partial charge is 0.306 e. The fraction of sp³-hybridized carbons (Fsp3) is 0.0714. The summed E-state index contributed by atoms with van der Waals surface area (Å²) in [6, 6.07) is 8.45. The molecule has 3 rings (SSSR count). The Hall–Kier alpha value is -2.14. The molecule has 3 aromatic rings.